The topological polar surface area (TPSA) is 3.24 Å². The molecule has 0 saturated heterocycles. The van der Waals surface area contributed by atoms with Crippen LogP contribution in [0.1, 0.15) is 69.5 Å². The number of rotatable bonds is 6. The van der Waals surface area contributed by atoms with Crippen molar-refractivity contribution in [3.05, 3.63) is 341 Å². The van der Waals surface area contributed by atoms with Crippen LogP contribution in [-0.4, -0.2) is 0 Å². The van der Waals surface area contributed by atoms with Gasteiger partial charge in [-0.3, -0.25) is 0 Å². The smallest absolute Gasteiger partial charge is 0.0720 e. The third-order valence-corrected chi connectivity index (χ3v) is 18.1. The van der Waals surface area contributed by atoms with E-state index in [1.165, 1.54) is 122 Å². The molecule has 0 aliphatic heterocycles. The first-order valence-electron chi connectivity index (χ1n) is 27.5. The largest absolute Gasteiger partial charge is 0.310 e. The summed E-state index contributed by atoms with van der Waals surface area (Å²) in [6.07, 6.45) is 0. The number of anilines is 3. The Hall–Kier alpha value is -9.56. The van der Waals surface area contributed by atoms with Crippen molar-refractivity contribution < 1.29 is 0 Å². The highest BCUT2D eigenvalue weighted by Crippen LogP contribution is 2.68. The minimum absolute atomic E-state index is 0.185. The SMILES string of the molecule is CC1(C)c2ccccc2-c2ccc(N(c3ccc(-c4cc(-c5ccccc5)cc(-c5ccccc5)c4)cc3)c3cccc4c3-c3ccccc3C43c4ccccc4C4(c5ccccc5-c5ccccc54)c4ccccc43)cc21. The highest BCUT2D eigenvalue weighted by Gasteiger charge is 2.59. The first kappa shape index (κ1) is 44.7. The van der Waals surface area contributed by atoms with E-state index in [0.717, 1.165) is 17.1 Å². The van der Waals surface area contributed by atoms with Crippen molar-refractivity contribution in [2.45, 2.75) is 30.1 Å². The van der Waals surface area contributed by atoms with E-state index in [9.17, 15) is 0 Å². The summed E-state index contributed by atoms with van der Waals surface area (Å²) in [6.45, 7) is 4.78. The van der Waals surface area contributed by atoms with Crippen molar-refractivity contribution in [1.82, 2.24) is 0 Å². The van der Waals surface area contributed by atoms with Crippen molar-refractivity contribution in [2.75, 3.05) is 4.90 Å². The van der Waals surface area contributed by atoms with E-state index in [1.807, 2.05) is 0 Å². The number of benzene rings is 12. The van der Waals surface area contributed by atoms with Gasteiger partial charge in [-0.1, -0.05) is 250 Å². The van der Waals surface area contributed by atoms with Crippen LogP contribution >= 0.6 is 0 Å². The maximum atomic E-state index is 2.55. The fourth-order valence-corrected chi connectivity index (χ4v) is 14.9. The van der Waals surface area contributed by atoms with Gasteiger partial charge in [0.1, 0.15) is 0 Å². The van der Waals surface area contributed by atoms with Crippen LogP contribution in [0, 0.1) is 0 Å². The monoisotopic (exact) mass is 991 g/mol. The lowest BCUT2D eigenvalue weighted by Gasteiger charge is -2.48. The number of fused-ring (bicyclic) bond motifs is 19. The van der Waals surface area contributed by atoms with Gasteiger partial charge in [0.2, 0.25) is 0 Å². The van der Waals surface area contributed by atoms with E-state index >= 15 is 0 Å². The Labute approximate surface area is 457 Å². The van der Waals surface area contributed by atoms with Crippen LogP contribution in [0.3, 0.4) is 0 Å². The van der Waals surface area contributed by atoms with Gasteiger partial charge in [-0.15, -0.1) is 0 Å². The van der Waals surface area contributed by atoms with Crippen LogP contribution < -0.4 is 4.90 Å². The molecule has 1 nitrogen and oxygen atoms in total. The van der Waals surface area contributed by atoms with Gasteiger partial charge in [0, 0.05) is 22.4 Å². The Balaban J connectivity index is 0.935. The van der Waals surface area contributed by atoms with Crippen molar-refractivity contribution >= 4 is 17.1 Å². The van der Waals surface area contributed by atoms with Gasteiger partial charge in [-0.05, 0) is 165 Å². The molecule has 0 atom stereocenters. The summed E-state index contributed by atoms with van der Waals surface area (Å²) in [5, 5.41) is 0. The summed E-state index contributed by atoms with van der Waals surface area (Å²) in [7, 11) is 0. The molecule has 0 bridgehead atoms. The maximum absolute atomic E-state index is 2.55. The van der Waals surface area contributed by atoms with Gasteiger partial charge in [-0.2, -0.15) is 0 Å². The molecule has 16 rings (SSSR count). The first-order chi connectivity index (χ1) is 38.5. The molecule has 78 heavy (non-hydrogen) atoms. The maximum Gasteiger partial charge on any atom is 0.0720 e. The van der Waals surface area contributed by atoms with Crippen LogP contribution in [0.15, 0.2) is 285 Å². The van der Waals surface area contributed by atoms with Gasteiger partial charge in [0.05, 0.1) is 16.5 Å². The van der Waals surface area contributed by atoms with Crippen molar-refractivity contribution in [1.29, 1.82) is 0 Å². The molecule has 2 spiro atoms. The average molecular weight is 992 g/mol. The quantitative estimate of drug-likeness (QED) is 0.160. The Kier molecular flexibility index (Phi) is 9.58. The fraction of sp³-hybridized carbons (Fsp3) is 0.0649. The number of nitrogens with zero attached hydrogens (tertiary/aromatic N) is 1. The normalized spacial score (nSPS) is 14.6. The zero-order valence-electron chi connectivity index (χ0n) is 43.6. The Morgan fingerprint density at radius 3 is 1.10 bits per heavy atom. The van der Waals surface area contributed by atoms with Gasteiger partial charge in [0.15, 0.2) is 0 Å². The molecule has 0 heterocycles. The predicted octanol–water partition coefficient (Wildman–Crippen LogP) is 19.5. The molecular weight excluding hydrogens is 939 g/mol. The average Bonchev–Trinajstić information content (AvgIpc) is 4.27. The summed E-state index contributed by atoms with van der Waals surface area (Å²) in [5.41, 5.74) is 30.4. The lowest BCUT2D eigenvalue weighted by atomic mass is 9.52. The van der Waals surface area contributed by atoms with E-state index < -0.39 is 10.8 Å². The van der Waals surface area contributed by atoms with Crippen LogP contribution in [0.5, 0.6) is 0 Å². The molecule has 0 saturated carbocycles. The second kappa shape index (κ2) is 16.7. The molecule has 0 fully saturated rings. The third kappa shape index (κ3) is 6.02. The van der Waals surface area contributed by atoms with E-state index in [4.69, 9.17) is 0 Å². The molecule has 12 aromatic rings. The van der Waals surface area contributed by atoms with E-state index in [2.05, 4.69) is 304 Å². The van der Waals surface area contributed by atoms with Gasteiger partial charge < -0.3 is 4.90 Å². The van der Waals surface area contributed by atoms with Gasteiger partial charge in [-0.25, -0.2) is 0 Å². The predicted molar refractivity (Wildman–Crippen MR) is 323 cm³/mol. The van der Waals surface area contributed by atoms with E-state index in [1.54, 1.807) is 0 Å². The molecule has 0 aromatic heterocycles. The molecule has 0 amide bonds. The van der Waals surface area contributed by atoms with Crippen LogP contribution in [0.2, 0.25) is 0 Å². The molecule has 0 unspecified atom stereocenters. The molecule has 12 aromatic carbocycles. The molecule has 0 N–H and O–H groups in total. The summed E-state index contributed by atoms with van der Waals surface area (Å²) >= 11 is 0. The van der Waals surface area contributed by atoms with Gasteiger partial charge >= 0.3 is 0 Å². The second-order valence-electron chi connectivity index (χ2n) is 22.2. The van der Waals surface area contributed by atoms with Crippen LogP contribution in [0.4, 0.5) is 17.1 Å². The zero-order chi connectivity index (χ0) is 51.7. The minimum atomic E-state index is -0.621. The van der Waals surface area contributed by atoms with Crippen molar-refractivity contribution in [2.24, 2.45) is 0 Å². The lowest BCUT2D eigenvalue weighted by Crippen LogP contribution is -2.43. The van der Waals surface area contributed by atoms with Gasteiger partial charge in [0.25, 0.3) is 0 Å². The highest BCUT2D eigenvalue weighted by molar-refractivity contribution is 6.00. The van der Waals surface area contributed by atoms with Crippen molar-refractivity contribution in [3.8, 4) is 66.8 Å². The number of hydrogen-bond donors (Lipinski definition) is 0. The second-order valence-corrected chi connectivity index (χ2v) is 22.2. The molecule has 4 aliphatic carbocycles. The molecule has 1 heteroatoms. The fourth-order valence-electron chi connectivity index (χ4n) is 14.9. The molecule has 366 valence electrons. The Bertz CT molecular complexity index is 4250. The van der Waals surface area contributed by atoms with E-state index in [0.29, 0.717) is 0 Å². The van der Waals surface area contributed by atoms with E-state index in [-0.39, 0.29) is 5.41 Å². The Morgan fingerprint density at radius 1 is 0.231 bits per heavy atom. The molecule has 4 aliphatic rings. The number of hydrogen-bond acceptors (Lipinski definition) is 1. The summed E-state index contributed by atoms with van der Waals surface area (Å²) in [6, 6.07) is 108. The molecular formula is C77H53N. The Morgan fingerprint density at radius 2 is 0.590 bits per heavy atom. The summed E-state index contributed by atoms with van der Waals surface area (Å²) in [5.74, 6) is 0. The van der Waals surface area contributed by atoms with Crippen LogP contribution in [-0.2, 0) is 16.2 Å². The summed E-state index contributed by atoms with van der Waals surface area (Å²) in [4.78, 5) is 2.55. The molecule has 0 radical (unpaired) electrons. The van der Waals surface area contributed by atoms with Crippen LogP contribution in [0.25, 0.3) is 66.8 Å². The zero-order valence-corrected chi connectivity index (χ0v) is 43.6. The lowest BCUT2D eigenvalue weighted by molar-refractivity contribution is 0.633. The summed E-state index contributed by atoms with van der Waals surface area (Å²) < 4.78 is 0. The standard InChI is InChI=1S/C77H53N/c1-75(2)63-30-13-9-26-58(63)61-45-44-57(49-72(61)75)78(56-42-40-52(41-43-56)55-47-53(50-22-5-3-6-23-50)46-54(48-55)51-24-7-4-8-25-51)73-39-21-38-71-74(73)62-29-12-16-33-66(62)77(71)69-36-19-17-34-67(69)76(68-35-18-20-37-70(68)77)64-31-14-10-27-59(64)60-28-11-15-32-65(60)76/h3-49H,1-2H3. The van der Waals surface area contributed by atoms with Crippen molar-refractivity contribution in [3.63, 3.8) is 0 Å². The highest BCUT2D eigenvalue weighted by atomic mass is 15.1. The minimum Gasteiger partial charge on any atom is -0.310 e. The first-order valence-corrected chi connectivity index (χ1v) is 27.5. The third-order valence-electron chi connectivity index (χ3n) is 18.1.